The first-order chi connectivity index (χ1) is 17.3. The normalized spacial score (nSPS) is 19.6. The molecule has 0 aliphatic carbocycles. The molecule has 3 N–H and O–H groups in total. The second kappa shape index (κ2) is 10.9. The fourth-order valence-electron chi connectivity index (χ4n) is 4.38. The molecule has 2 aliphatic rings. The number of hydrogen-bond acceptors (Lipinski definition) is 9. The molecule has 0 radical (unpaired) electrons. The second-order valence-electron chi connectivity index (χ2n) is 9.01. The van der Waals surface area contributed by atoms with Crippen LogP contribution in [0.3, 0.4) is 0 Å². The Kier molecular flexibility index (Phi) is 7.70. The van der Waals surface area contributed by atoms with Crippen LogP contribution in [0.15, 0.2) is 47.3 Å². The molecule has 1 unspecified atom stereocenters. The molecule has 36 heavy (non-hydrogen) atoms. The minimum Gasteiger partial charge on any atom is -0.472 e. The minimum atomic E-state index is -1.06. The largest absolute Gasteiger partial charge is 0.472 e. The van der Waals surface area contributed by atoms with Crippen LogP contribution in [0.2, 0.25) is 0 Å². The number of ether oxygens (including phenoxy) is 2. The smallest absolute Gasteiger partial charge is 0.414 e. The van der Waals surface area contributed by atoms with Crippen molar-refractivity contribution in [2.24, 2.45) is 0 Å². The van der Waals surface area contributed by atoms with Crippen molar-refractivity contribution in [3.8, 4) is 0 Å². The molecular formula is C25H30N4O7. The van der Waals surface area contributed by atoms with Gasteiger partial charge in [-0.05, 0) is 50.1 Å². The van der Waals surface area contributed by atoms with Crippen molar-refractivity contribution >= 4 is 29.5 Å². The molecule has 2 aliphatic heterocycles. The molecule has 1 aromatic carbocycles. The first-order valence-corrected chi connectivity index (χ1v) is 11.9. The third-order valence-corrected chi connectivity index (χ3v) is 6.39. The number of likely N-dealkylation sites (tertiary alicyclic amines) is 1. The van der Waals surface area contributed by atoms with E-state index in [0.29, 0.717) is 62.4 Å². The van der Waals surface area contributed by atoms with Crippen LogP contribution in [0, 0.1) is 5.41 Å². The highest BCUT2D eigenvalue weighted by atomic mass is 16.6. The number of amides is 2. The van der Waals surface area contributed by atoms with Crippen LogP contribution in [0.25, 0.3) is 0 Å². The maximum Gasteiger partial charge on any atom is 0.414 e. The number of rotatable bonds is 8. The van der Waals surface area contributed by atoms with Crippen molar-refractivity contribution in [1.82, 2.24) is 10.2 Å². The van der Waals surface area contributed by atoms with Crippen LogP contribution in [-0.4, -0.2) is 78.3 Å². The number of carbonyl (C=O) groups is 3. The number of nitrogens with one attached hydrogen (secondary N) is 2. The number of benzene rings is 1. The van der Waals surface area contributed by atoms with Crippen molar-refractivity contribution in [2.75, 3.05) is 37.7 Å². The summed E-state index contributed by atoms with van der Waals surface area (Å²) in [5.74, 6) is -0.904. The molecule has 2 aromatic rings. The van der Waals surface area contributed by atoms with Crippen molar-refractivity contribution in [1.29, 1.82) is 5.41 Å². The van der Waals surface area contributed by atoms with Crippen molar-refractivity contribution in [3.05, 3.63) is 54.0 Å². The van der Waals surface area contributed by atoms with Gasteiger partial charge in [-0.1, -0.05) is 0 Å². The van der Waals surface area contributed by atoms with Gasteiger partial charge in [0.2, 0.25) is 0 Å². The van der Waals surface area contributed by atoms with Crippen molar-refractivity contribution in [3.63, 3.8) is 0 Å². The summed E-state index contributed by atoms with van der Waals surface area (Å²) < 4.78 is 15.4. The van der Waals surface area contributed by atoms with E-state index in [0.717, 1.165) is 0 Å². The monoisotopic (exact) mass is 498 g/mol. The van der Waals surface area contributed by atoms with Gasteiger partial charge in [0.1, 0.15) is 18.2 Å². The van der Waals surface area contributed by atoms with Gasteiger partial charge < -0.3 is 24.3 Å². The Balaban J connectivity index is 1.27. The zero-order valence-corrected chi connectivity index (χ0v) is 20.1. The molecule has 2 amide bonds. The maximum atomic E-state index is 12.5. The lowest BCUT2D eigenvalue weighted by molar-refractivity contribution is -0.150. The summed E-state index contributed by atoms with van der Waals surface area (Å²) in [6, 6.07) is 8.22. The van der Waals surface area contributed by atoms with Gasteiger partial charge in [0.05, 0.1) is 37.0 Å². The number of amidine groups is 1. The fourth-order valence-corrected chi connectivity index (χ4v) is 4.38. The van der Waals surface area contributed by atoms with Gasteiger partial charge in [0.25, 0.3) is 5.91 Å². The quantitative estimate of drug-likeness (QED) is 0.285. The summed E-state index contributed by atoms with van der Waals surface area (Å²) in [7, 11) is 0. The third kappa shape index (κ3) is 6.10. The predicted octanol–water partition coefficient (Wildman–Crippen LogP) is 2.14. The Labute approximate surface area is 208 Å². The SMILES string of the molecule is CCOC(=O)CC1(O)CCN(CC2CN(c3ccc(C(=N)NC(=O)c4ccoc4)cc3)C(=O)O2)CC1. The zero-order valence-electron chi connectivity index (χ0n) is 20.1. The van der Waals surface area contributed by atoms with Crippen LogP contribution in [0.4, 0.5) is 10.5 Å². The summed E-state index contributed by atoms with van der Waals surface area (Å²) in [4.78, 5) is 40.0. The van der Waals surface area contributed by atoms with E-state index in [-0.39, 0.29) is 18.4 Å². The molecule has 11 heteroatoms. The summed E-state index contributed by atoms with van der Waals surface area (Å²) >= 11 is 0. The maximum absolute atomic E-state index is 12.5. The van der Waals surface area contributed by atoms with E-state index in [1.165, 1.54) is 23.5 Å². The summed E-state index contributed by atoms with van der Waals surface area (Å²) in [6.45, 7) is 4.10. The standard InChI is InChI=1S/C25H30N4O7/c1-2-35-21(30)13-25(33)8-10-28(11-9-25)14-20-15-29(24(32)36-20)19-5-3-17(4-6-19)22(26)27-23(31)18-7-12-34-16-18/h3-7,12,16,20,33H,2,8-11,13-15H2,1H3,(H2,26,27,31). The molecule has 0 saturated carbocycles. The lowest BCUT2D eigenvalue weighted by atomic mass is 9.88. The molecule has 1 atom stereocenters. The highest BCUT2D eigenvalue weighted by molar-refractivity contribution is 6.11. The molecule has 3 heterocycles. The molecule has 2 saturated heterocycles. The first kappa shape index (κ1) is 25.4. The topological polar surface area (TPSA) is 145 Å². The van der Waals surface area contributed by atoms with Crippen LogP contribution in [-0.2, 0) is 14.3 Å². The molecule has 0 spiro atoms. The van der Waals surface area contributed by atoms with Crippen molar-refractivity contribution < 1.29 is 33.4 Å². The number of piperidine rings is 1. The molecule has 192 valence electrons. The zero-order chi connectivity index (χ0) is 25.7. The highest BCUT2D eigenvalue weighted by Crippen LogP contribution is 2.28. The average Bonchev–Trinajstić information content (AvgIpc) is 3.51. The number of nitrogens with zero attached hydrogens (tertiary/aromatic N) is 2. The molecular weight excluding hydrogens is 468 g/mol. The van der Waals surface area contributed by atoms with E-state index in [9.17, 15) is 19.5 Å². The van der Waals surface area contributed by atoms with Gasteiger partial charge in [0, 0.05) is 30.9 Å². The number of anilines is 1. The Hall–Kier alpha value is -3.70. The lowest BCUT2D eigenvalue weighted by Crippen LogP contribution is -2.48. The predicted molar refractivity (Wildman–Crippen MR) is 129 cm³/mol. The van der Waals surface area contributed by atoms with Gasteiger partial charge in [-0.3, -0.25) is 24.8 Å². The van der Waals surface area contributed by atoms with E-state index in [2.05, 4.69) is 10.2 Å². The third-order valence-electron chi connectivity index (χ3n) is 6.39. The molecule has 1 aromatic heterocycles. The molecule has 11 nitrogen and oxygen atoms in total. The summed E-state index contributed by atoms with van der Waals surface area (Å²) in [5, 5.41) is 21.3. The van der Waals surface area contributed by atoms with Gasteiger partial charge in [-0.15, -0.1) is 0 Å². The second-order valence-corrected chi connectivity index (χ2v) is 9.01. The van der Waals surface area contributed by atoms with Crippen LogP contribution < -0.4 is 10.2 Å². The van der Waals surface area contributed by atoms with Gasteiger partial charge >= 0.3 is 12.1 Å². The highest BCUT2D eigenvalue weighted by Gasteiger charge is 2.38. The van der Waals surface area contributed by atoms with Crippen molar-refractivity contribution in [2.45, 2.75) is 37.9 Å². The molecule has 2 fully saturated rings. The molecule has 4 rings (SSSR count). The Bertz CT molecular complexity index is 1090. The average molecular weight is 499 g/mol. The van der Waals surface area contributed by atoms with E-state index in [1.54, 1.807) is 31.2 Å². The van der Waals surface area contributed by atoms with E-state index in [1.807, 2.05) is 0 Å². The fraction of sp³-hybridized carbons (Fsp3) is 0.440. The van der Waals surface area contributed by atoms with Gasteiger partial charge in [0.15, 0.2) is 0 Å². The number of cyclic esters (lactones) is 1. The number of esters is 1. The minimum absolute atomic E-state index is 0.0126. The number of aliphatic hydroxyl groups is 1. The van der Waals surface area contributed by atoms with Gasteiger partial charge in [-0.25, -0.2) is 4.79 Å². The number of carbonyl (C=O) groups excluding carboxylic acids is 3. The van der Waals surface area contributed by atoms with E-state index >= 15 is 0 Å². The first-order valence-electron chi connectivity index (χ1n) is 11.9. The number of furan rings is 1. The Morgan fingerprint density at radius 1 is 1.19 bits per heavy atom. The summed E-state index contributed by atoms with van der Waals surface area (Å²) in [6.07, 6.45) is 2.78. The van der Waals surface area contributed by atoms with Crippen LogP contribution in [0.1, 0.15) is 42.1 Å². The van der Waals surface area contributed by atoms with Gasteiger partial charge in [-0.2, -0.15) is 0 Å². The van der Waals surface area contributed by atoms with Crippen LogP contribution >= 0.6 is 0 Å². The lowest BCUT2D eigenvalue weighted by Gasteiger charge is -2.38. The Morgan fingerprint density at radius 2 is 1.92 bits per heavy atom. The Morgan fingerprint density at radius 3 is 2.56 bits per heavy atom. The van der Waals surface area contributed by atoms with E-state index in [4.69, 9.17) is 19.3 Å². The number of hydrogen-bond donors (Lipinski definition) is 3. The summed E-state index contributed by atoms with van der Waals surface area (Å²) in [5.41, 5.74) is 0.375. The molecule has 0 bridgehead atoms. The van der Waals surface area contributed by atoms with Crippen LogP contribution in [0.5, 0.6) is 0 Å². The van der Waals surface area contributed by atoms with E-state index < -0.39 is 23.6 Å².